The molecule has 2 aromatic rings. The number of amides is 2. The van der Waals surface area contributed by atoms with Gasteiger partial charge in [0, 0.05) is 29.7 Å². The van der Waals surface area contributed by atoms with E-state index in [0.29, 0.717) is 0 Å². The number of benzene rings is 1. The van der Waals surface area contributed by atoms with Crippen LogP contribution in [-0.2, 0) is 13.0 Å². The lowest BCUT2D eigenvalue weighted by Crippen LogP contribution is -2.45. The van der Waals surface area contributed by atoms with Crippen molar-refractivity contribution in [3.8, 4) is 0 Å². The summed E-state index contributed by atoms with van der Waals surface area (Å²) in [4.78, 5) is 13.8. The Hall–Kier alpha value is -1.97. The number of hydrogen-bond acceptors (Lipinski definition) is 1. The monoisotopic (exact) mass is 337 g/mol. The predicted molar refractivity (Wildman–Crippen MR) is 99.7 cm³/mol. The lowest BCUT2D eigenvalue weighted by Gasteiger charge is -2.38. The van der Waals surface area contributed by atoms with Crippen LogP contribution in [0.2, 0.25) is 0 Å². The van der Waals surface area contributed by atoms with E-state index in [1.54, 1.807) is 0 Å². The van der Waals surface area contributed by atoms with E-state index in [1.165, 1.54) is 59.8 Å². The number of carbonyl (C=O) groups is 1. The largest absolute Gasteiger partial charge is 0.351 e. The van der Waals surface area contributed by atoms with Crippen LogP contribution in [0.25, 0.3) is 10.9 Å². The molecule has 132 valence electrons. The van der Waals surface area contributed by atoms with Crippen LogP contribution in [0.1, 0.15) is 73.7 Å². The third-order valence-electron chi connectivity index (χ3n) is 6.76. The summed E-state index contributed by atoms with van der Waals surface area (Å²) in [6.45, 7) is 1.61. The fourth-order valence-corrected chi connectivity index (χ4v) is 5.58. The van der Waals surface area contributed by atoms with Gasteiger partial charge in [-0.1, -0.05) is 25.3 Å². The third-order valence-corrected chi connectivity index (χ3v) is 6.76. The molecule has 5 rings (SSSR count). The van der Waals surface area contributed by atoms with Crippen molar-refractivity contribution in [2.75, 3.05) is 6.54 Å². The second kappa shape index (κ2) is 5.79. The molecule has 1 atom stereocenters. The van der Waals surface area contributed by atoms with Gasteiger partial charge in [-0.05, 0) is 61.3 Å². The second-order valence-electron chi connectivity index (χ2n) is 8.07. The summed E-state index contributed by atoms with van der Waals surface area (Å²) in [7, 11) is 0. The molecule has 25 heavy (non-hydrogen) atoms. The van der Waals surface area contributed by atoms with E-state index in [-0.39, 0.29) is 12.1 Å². The average molecular weight is 337 g/mol. The van der Waals surface area contributed by atoms with Gasteiger partial charge < -0.3 is 15.2 Å². The molecule has 1 aromatic heterocycles. The van der Waals surface area contributed by atoms with Crippen molar-refractivity contribution in [2.45, 2.75) is 69.9 Å². The van der Waals surface area contributed by atoms with Gasteiger partial charge in [0.15, 0.2) is 0 Å². The quantitative estimate of drug-likeness (QED) is 0.820. The van der Waals surface area contributed by atoms with Gasteiger partial charge in [-0.2, -0.15) is 0 Å². The molecule has 4 heteroatoms. The molecule has 3 aliphatic rings. The molecule has 2 N–H and O–H groups in total. The zero-order valence-corrected chi connectivity index (χ0v) is 14.8. The van der Waals surface area contributed by atoms with Gasteiger partial charge in [0.25, 0.3) is 0 Å². The first-order chi connectivity index (χ1) is 12.2. The number of aromatic nitrogens is 1. The molecule has 0 radical (unpaired) electrons. The van der Waals surface area contributed by atoms with Crippen LogP contribution < -0.4 is 5.73 Å². The Bertz CT molecular complexity index is 831. The Labute approximate surface area is 149 Å². The SMILES string of the molecule is NC(=O)N1CCn2c3c(c4cc(C5CCCCC5)ccc42)CCC[C@H]31. The van der Waals surface area contributed by atoms with Gasteiger partial charge in [0.05, 0.1) is 6.04 Å². The Kier molecular flexibility index (Phi) is 3.54. The van der Waals surface area contributed by atoms with Crippen molar-refractivity contribution < 1.29 is 4.79 Å². The highest BCUT2D eigenvalue weighted by Gasteiger charge is 2.36. The summed E-state index contributed by atoms with van der Waals surface area (Å²) in [6.07, 6.45) is 10.1. The molecule has 0 saturated heterocycles. The van der Waals surface area contributed by atoms with Gasteiger partial charge in [-0.25, -0.2) is 4.79 Å². The van der Waals surface area contributed by atoms with Crippen molar-refractivity contribution in [2.24, 2.45) is 5.73 Å². The summed E-state index contributed by atoms with van der Waals surface area (Å²) in [5, 5.41) is 1.44. The Balaban J connectivity index is 1.64. The Morgan fingerprint density at radius 1 is 1.04 bits per heavy atom. The van der Waals surface area contributed by atoms with Gasteiger partial charge >= 0.3 is 6.03 Å². The predicted octanol–water partition coefficient (Wildman–Crippen LogP) is 4.46. The van der Waals surface area contributed by atoms with Crippen molar-refractivity contribution in [3.05, 3.63) is 35.0 Å². The van der Waals surface area contributed by atoms with Crippen molar-refractivity contribution in [1.29, 1.82) is 0 Å². The minimum atomic E-state index is -0.266. The molecule has 2 aliphatic carbocycles. The van der Waals surface area contributed by atoms with Crippen LogP contribution in [0.4, 0.5) is 4.79 Å². The second-order valence-corrected chi connectivity index (χ2v) is 8.07. The first-order valence-electron chi connectivity index (χ1n) is 9.95. The van der Waals surface area contributed by atoms with E-state index >= 15 is 0 Å². The highest BCUT2D eigenvalue weighted by Crippen LogP contribution is 2.43. The smallest absolute Gasteiger partial charge is 0.315 e. The van der Waals surface area contributed by atoms with Gasteiger partial charge in [-0.3, -0.25) is 0 Å². The molecule has 1 aromatic carbocycles. The molecule has 0 bridgehead atoms. The summed E-state index contributed by atoms with van der Waals surface area (Å²) in [6, 6.07) is 7.10. The van der Waals surface area contributed by atoms with Crippen LogP contribution in [0.3, 0.4) is 0 Å². The van der Waals surface area contributed by atoms with Gasteiger partial charge in [-0.15, -0.1) is 0 Å². The maximum absolute atomic E-state index is 11.9. The van der Waals surface area contributed by atoms with E-state index in [4.69, 9.17) is 5.73 Å². The Morgan fingerprint density at radius 3 is 2.68 bits per heavy atom. The number of primary amides is 1. The van der Waals surface area contributed by atoms with E-state index < -0.39 is 0 Å². The molecule has 0 unspecified atom stereocenters. The minimum absolute atomic E-state index is 0.181. The molecular weight excluding hydrogens is 310 g/mol. The van der Waals surface area contributed by atoms with Crippen LogP contribution in [0.5, 0.6) is 0 Å². The fraction of sp³-hybridized carbons (Fsp3) is 0.571. The summed E-state index contributed by atoms with van der Waals surface area (Å²) >= 11 is 0. The number of fused-ring (bicyclic) bond motifs is 3. The highest BCUT2D eigenvalue weighted by molar-refractivity contribution is 5.87. The average Bonchev–Trinajstić information content (AvgIpc) is 2.98. The number of nitrogens with zero attached hydrogens (tertiary/aromatic N) is 2. The lowest BCUT2D eigenvalue weighted by molar-refractivity contribution is 0.155. The number of carbonyl (C=O) groups excluding carboxylic acids is 1. The van der Waals surface area contributed by atoms with E-state index in [1.807, 2.05) is 4.90 Å². The molecule has 1 aliphatic heterocycles. The summed E-state index contributed by atoms with van der Waals surface area (Å²) in [5.41, 5.74) is 11.4. The number of aryl methyl sites for hydroxylation is 1. The zero-order chi connectivity index (χ0) is 17.0. The van der Waals surface area contributed by atoms with Gasteiger partial charge in [0.2, 0.25) is 0 Å². The van der Waals surface area contributed by atoms with Crippen LogP contribution >= 0.6 is 0 Å². The lowest BCUT2D eigenvalue weighted by atomic mass is 9.83. The standard InChI is InChI=1S/C21H27N3O/c22-21(25)24-12-11-23-18-10-9-15(14-5-2-1-3-6-14)13-17(18)16-7-4-8-19(24)20(16)23/h9-10,13-14,19H,1-8,11-12H2,(H2,22,25)/t19-/m1/s1. The Morgan fingerprint density at radius 2 is 1.88 bits per heavy atom. The molecule has 1 saturated carbocycles. The van der Waals surface area contributed by atoms with E-state index in [0.717, 1.165) is 38.3 Å². The first-order valence-corrected chi connectivity index (χ1v) is 9.95. The number of hydrogen-bond donors (Lipinski definition) is 1. The molecule has 4 nitrogen and oxygen atoms in total. The summed E-state index contributed by atoms with van der Waals surface area (Å²) in [5.74, 6) is 0.740. The minimum Gasteiger partial charge on any atom is -0.351 e. The summed E-state index contributed by atoms with van der Waals surface area (Å²) < 4.78 is 2.47. The number of rotatable bonds is 1. The normalized spacial score (nSPS) is 23.7. The maximum Gasteiger partial charge on any atom is 0.315 e. The van der Waals surface area contributed by atoms with Crippen LogP contribution in [-0.4, -0.2) is 22.0 Å². The maximum atomic E-state index is 11.9. The highest BCUT2D eigenvalue weighted by atomic mass is 16.2. The van der Waals surface area contributed by atoms with Crippen LogP contribution in [0.15, 0.2) is 18.2 Å². The van der Waals surface area contributed by atoms with Crippen molar-refractivity contribution in [1.82, 2.24) is 9.47 Å². The molecule has 2 heterocycles. The topological polar surface area (TPSA) is 51.3 Å². The third kappa shape index (κ3) is 2.30. The molecular formula is C21H27N3O. The van der Waals surface area contributed by atoms with E-state index in [9.17, 15) is 4.79 Å². The van der Waals surface area contributed by atoms with Crippen molar-refractivity contribution >= 4 is 16.9 Å². The van der Waals surface area contributed by atoms with Crippen LogP contribution in [0, 0.1) is 0 Å². The number of nitrogens with two attached hydrogens (primary N) is 1. The van der Waals surface area contributed by atoms with E-state index in [2.05, 4.69) is 22.8 Å². The fourth-order valence-electron chi connectivity index (χ4n) is 5.58. The van der Waals surface area contributed by atoms with Crippen molar-refractivity contribution in [3.63, 3.8) is 0 Å². The first kappa shape index (κ1) is 15.3. The molecule has 1 fully saturated rings. The van der Waals surface area contributed by atoms with Gasteiger partial charge in [0.1, 0.15) is 0 Å². The number of urea groups is 1. The molecule has 0 spiro atoms. The zero-order valence-electron chi connectivity index (χ0n) is 14.8. The molecule has 2 amide bonds.